The van der Waals surface area contributed by atoms with Crippen LogP contribution in [0.1, 0.15) is 15.9 Å². The molecule has 110 valence electrons. The number of halogens is 1. The highest BCUT2D eigenvalue weighted by Gasteiger charge is 2.19. The van der Waals surface area contributed by atoms with E-state index in [4.69, 9.17) is 5.11 Å². The minimum Gasteiger partial charge on any atom is -0.478 e. The molecule has 0 amide bonds. The number of rotatable bonds is 4. The minimum absolute atomic E-state index is 0.0243. The number of anilines is 1. The standard InChI is InChI=1S/C14H12FNO4S/c1-9-6-7-10(8-11(9)14(17)18)16-21(19,20)13-5-3-2-4-12(13)15/h2-8,16H,1H3,(H,17,18). The van der Waals surface area contributed by atoms with Gasteiger partial charge >= 0.3 is 5.97 Å². The summed E-state index contributed by atoms with van der Waals surface area (Å²) in [5.74, 6) is -2.05. The molecule has 0 aliphatic heterocycles. The topological polar surface area (TPSA) is 83.5 Å². The van der Waals surface area contributed by atoms with Gasteiger partial charge in [-0.15, -0.1) is 0 Å². The largest absolute Gasteiger partial charge is 0.478 e. The summed E-state index contributed by atoms with van der Waals surface area (Å²) >= 11 is 0. The molecule has 0 heterocycles. The monoisotopic (exact) mass is 309 g/mol. The summed E-state index contributed by atoms with van der Waals surface area (Å²) in [4.78, 5) is 10.5. The van der Waals surface area contributed by atoms with Gasteiger partial charge in [-0.05, 0) is 36.8 Å². The maximum atomic E-state index is 13.5. The molecule has 0 saturated heterocycles. The second-order valence-corrected chi connectivity index (χ2v) is 6.02. The number of carbonyl (C=O) groups is 1. The van der Waals surface area contributed by atoms with Gasteiger partial charge in [0.05, 0.1) is 5.56 Å². The second kappa shape index (κ2) is 5.53. The van der Waals surface area contributed by atoms with Crippen LogP contribution in [0.5, 0.6) is 0 Å². The summed E-state index contributed by atoms with van der Waals surface area (Å²) < 4.78 is 39.9. The van der Waals surface area contributed by atoms with Crippen molar-refractivity contribution in [3.05, 3.63) is 59.4 Å². The third-order valence-corrected chi connectivity index (χ3v) is 4.26. The molecule has 0 aromatic heterocycles. The molecule has 0 radical (unpaired) electrons. The quantitative estimate of drug-likeness (QED) is 0.909. The van der Waals surface area contributed by atoms with E-state index in [0.717, 1.165) is 12.1 Å². The summed E-state index contributed by atoms with van der Waals surface area (Å²) in [5, 5.41) is 9.01. The second-order valence-electron chi connectivity index (χ2n) is 4.37. The number of hydrogen-bond donors (Lipinski definition) is 2. The van der Waals surface area contributed by atoms with Crippen LogP contribution in [0.2, 0.25) is 0 Å². The zero-order valence-corrected chi connectivity index (χ0v) is 11.8. The lowest BCUT2D eigenvalue weighted by Gasteiger charge is -2.10. The average molecular weight is 309 g/mol. The molecule has 0 aliphatic carbocycles. The summed E-state index contributed by atoms with van der Waals surface area (Å²) in [6.07, 6.45) is 0. The first-order valence-corrected chi connectivity index (χ1v) is 7.41. The number of carboxylic acids is 1. The molecular weight excluding hydrogens is 297 g/mol. The molecule has 7 heteroatoms. The number of sulfonamides is 1. The van der Waals surface area contributed by atoms with Crippen LogP contribution < -0.4 is 4.72 Å². The van der Waals surface area contributed by atoms with Gasteiger partial charge in [0.2, 0.25) is 0 Å². The van der Waals surface area contributed by atoms with Gasteiger partial charge in [-0.25, -0.2) is 17.6 Å². The van der Waals surface area contributed by atoms with E-state index in [2.05, 4.69) is 4.72 Å². The number of carboxylic acid groups (broad SMARTS) is 1. The molecule has 0 spiro atoms. The predicted octanol–water partition coefficient (Wildman–Crippen LogP) is 2.63. The fourth-order valence-corrected chi connectivity index (χ4v) is 2.92. The average Bonchev–Trinajstić information content (AvgIpc) is 2.40. The first-order valence-electron chi connectivity index (χ1n) is 5.92. The summed E-state index contributed by atoms with van der Waals surface area (Å²) in [7, 11) is -4.12. The van der Waals surface area contributed by atoms with Crippen molar-refractivity contribution in [1.29, 1.82) is 0 Å². The van der Waals surface area contributed by atoms with Crippen molar-refractivity contribution < 1.29 is 22.7 Å². The van der Waals surface area contributed by atoms with Crippen LogP contribution in [0.3, 0.4) is 0 Å². The van der Waals surface area contributed by atoms with E-state index >= 15 is 0 Å². The third kappa shape index (κ3) is 3.19. The van der Waals surface area contributed by atoms with E-state index in [-0.39, 0.29) is 11.3 Å². The Balaban J connectivity index is 2.40. The normalized spacial score (nSPS) is 11.1. The van der Waals surface area contributed by atoms with Crippen molar-refractivity contribution in [2.45, 2.75) is 11.8 Å². The highest BCUT2D eigenvalue weighted by atomic mass is 32.2. The highest BCUT2D eigenvalue weighted by Crippen LogP contribution is 2.21. The Kier molecular flexibility index (Phi) is 3.95. The molecule has 0 bridgehead atoms. The van der Waals surface area contributed by atoms with Gasteiger partial charge in [-0.1, -0.05) is 18.2 Å². The molecule has 0 fully saturated rings. The Hall–Kier alpha value is -2.41. The van der Waals surface area contributed by atoms with Gasteiger partial charge in [-0.2, -0.15) is 0 Å². The molecule has 0 atom stereocenters. The molecule has 5 nitrogen and oxygen atoms in total. The van der Waals surface area contributed by atoms with Crippen LogP contribution in [0.15, 0.2) is 47.4 Å². The van der Waals surface area contributed by atoms with E-state index in [9.17, 15) is 17.6 Å². The van der Waals surface area contributed by atoms with Crippen LogP contribution in [0.4, 0.5) is 10.1 Å². The molecule has 21 heavy (non-hydrogen) atoms. The first kappa shape index (κ1) is 15.0. The van der Waals surface area contributed by atoms with Crippen LogP contribution >= 0.6 is 0 Å². The molecule has 0 unspecified atom stereocenters. The van der Waals surface area contributed by atoms with Crippen LogP contribution in [0.25, 0.3) is 0 Å². The van der Waals surface area contributed by atoms with Crippen LogP contribution in [0, 0.1) is 12.7 Å². The smallest absolute Gasteiger partial charge is 0.336 e. The van der Waals surface area contributed by atoms with Crippen molar-refractivity contribution in [2.75, 3.05) is 4.72 Å². The van der Waals surface area contributed by atoms with Gasteiger partial charge in [-0.3, -0.25) is 4.72 Å². The predicted molar refractivity (Wildman–Crippen MR) is 75.3 cm³/mol. The van der Waals surface area contributed by atoms with Crippen LogP contribution in [-0.4, -0.2) is 19.5 Å². The van der Waals surface area contributed by atoms with Crippen LogP contribution in [-0.2, 0) is 10.0 Å². The molecular formula is C14H12FNO4S. The van der Waals surface area contributed by atoms with E-state index < -0.39 is 26.7 Å². The molecule has 0 saturated carbocycles. The van der Waals surface area contributed by atoms with Gasteiger partial charge in [0, 0.05) is 5.69 Å². The lowest BCUT2D eigenvalue weighted by Crippen LogP contribution is -2.15. The molecule has 2 aromatic carbocycles. The highest BCUT2D eigenvalue weighted by molar-refractivity contribution is 7.92. The maximum Gasteiger partial charge on any atom is 0.336 e. The van der Waals surface area contributed by atoms with Crippen molar-refractivity contribution >= 4 is 21.7 Å². The fourth-order valence-electron chi connectivity index (χ4n) is 1.79. The first-order chi connectivity index (χ1) is 9.81. The van der Waals surface area contributed by atoms with Gasteiger partial charge in [0.15, 0.2) is 0 Å². The number of hydrogen-bond acceptors (Lipinski definition) is 3. The van der Waals surface area contributed by atoms with E-state index in [1.807, 2.05) is 0 Å². The van der Waals surface area contributed by atoms with Gasteiger partial charge in [0.25, 0.3) is 10.0 Å². The lowest BCUT2D eigenvalue weighted by molar-refractivity contribution is 0.0696. The number of aryl methyl sites for hydroxylation is 1. The number of benzene rings is 2. The molecule has 2 aromatic rings. The summed E-state index contributed by atoms with van der Waals surface area (Å²) in [6, 6.07) is 9.02. The van der Waals surface area contributed by atoms with Gasteiger partial charge < -0.3 is 5.11 Å². The SMILES string of the molecule is Cc1ccc(NS(=O)(=O)c2ccccc2F)cc1C(=O)O. The molecule has 2 N–H and O–H groups in total. The van der Waals surface area contributed by atoms with Crippen molar-refractivity contribution in [2.24, 2.45) is 0 Å². The minimum atomic E-state index is -4.12. The third-order valence-electron chi connectivity index (χ3n) is 2.85. The fraction of sp³-hybridized carbons (Fsp3) is 0.0714. The van der Waals surface area contributed by atoms with E-state index in [0.29, 0.717) is 5.56 Å². The Morgan fingerprint density at radius 2 is 1.86 bits per heavy atom. The lowest BCUT2D eigenvalue weighted by atomic mass is 10.1. The van der Waals surface area contributed by atoms with Crippen molar-refractivity contribution in [1.82, 2.24) is 0 Å². The van der Waals surface area contributed by atoms with E-state index in [1.54, 1.807) is 6.92 Å². The Morgan fingerprint density at radius 3 is 2.48 bits per heavy atom. The summed E-state index contributed by atoms with van der Waals surface area (Å²) in [5.41, 5.74) is 0.529. The van der Waals surface area contributed by atoms with Gasteiger partial charge in [0.1, 0.15) is 10.7 Å². The van der Waals surface area contributed by atoms with Crippen molar-refractivity contribution in [3.8, 4) is 0 Å². The Morgan fingerprint density at radius 1 is 1.19 bits per heavy atom. The summed E-state index contributed by atoms with van der Waals surface area (Å²) in [6.45, 7) is 1.60. The zero-order valence-electron chi connectivity index (χ0n) is 11.0. The van der Waals surface area contributed by atoms with E-state index in [1.165, 1.54) is 30.3 Å². The van der Waals surface area contributed by atoms with Crippen molar-refractivity contribution in [3.63, 3.8) is 0 Å². The zero-order chi connectivity index (χ0) is 15.6. The Labute approximate surface area is 121 Å². The Bertz CT molecular complexity index is 802. The molecule has 0 aliphatic rings. The number of aromatic carboxylic acids is 1. The molecule has 2 rings (SSSR count). The maximum absolute atomic E-state index is 13.5. The number of nitrogens with one attached hydrogen (secondary N) is 1.